The van der Waals surface area contributed by atoms with Gasteiger partial charge in [-0.3, -0.25) is 9.59 Å². The number of alkyl carbamates (subject to hydrolysis) is 1. The second kappa shape index (κ2) is 11.5. The molecule has 0 atom stereocenters. The molecule has 7 heteroatoms. The summed E-state index contributed by atoms with van der Waals surface area (Å²) in [7, 11) is 0. The van der Waals surface area contributed by atoms with Crippen molar-refractivity contribution in [2.75, 3.05) is 19.6 Å². The molecule has 0 saturated heterocycles. The Labute approximate surface area is 138 Å². The van der Waals surface area contributed by atoms with Gasteiger partial charge >= 0.3 is 6.09 Å². The van der Waals surface area contributed by atoms with Crippen LogP contribution in [0.15, 0.2) is 12.2 Å². The van der Waals surface area contributed by atoms with E-state index in [9.17, 15) is 14.4 Å². The fraction of sp³-hybridized carbons (Fsp3) is 0.688. The zero-order valence-corrected chi connectivity index (χ0v) is 14.5. The van der Waals surface area contributed by atoms with E-state index in [2.05, 4.69) is 16.0 Å². The molecule has 0 aliphatic rings. The number of ether oxygens (including phenoxy) is 1. The van der Waals surface area contributed by atoms with E-state index in [0.29, 0.717) is 19.5 Å². The molecule has 0 fully saturated rings. The highest BCUT2D eigenvalue weighted by molar-refractivity contribution is 5.87. The standard InChI is InChI=1S/C16H29N3O4/c1-5-6-8-13(20)17-10-7-11-18-14(21)9-12-19-15(22)23-16(2,3)4/h6,8H,5,7,9-12H2,1-4H3,(H,17,20)(H,18,21)(H,19,22)/b8-6+. The van der Waals surface area contributed by atoms with Crippen LogP contribution in [0.3, 0.4) is 0 Å². The molecule has 3 N–H and O–H groups in total. The van der Waals surface area contributed by atoms with Gasteiger partial charge in [0.1, 0.15) is 5.60 Å². The first-order chi connectivity index (χ1) is 10.7. The lowest BCUT2D eigenvalue weighted by Gasteiger charge is -2.19. The van der Waals surface area contributed by atoms with Gasteiger partial charge in [-0.25, -0.2) is 4.79 Å². The van der Waals surface area contributed by atoms with E-state index >= 15 is 0 Å². The van der Waals surface area contributed by atoms with Gasteiger partial charge in [0, 0.05) is 26.1 Å². The summed E-state index contributed by atoms with van der Waals surface area (Å²) < 4.78 is 5.06. The van der Waals surface area contributed by atoms with Crippen molar-refractivity contribution < 1.29 is 19.1 Å². The van der Waals surface area contributed by atoms with Crippen molar-refractivity contribution in [3.63, 3.8) is 0 Å². The molecule has 0 saturated carbocycles. The summed E-state index contributed by atoms with van der Waals surface area (Å²) >= 11 is 0. The zero-order valence-electron chi connectivity index (χ0n) is 14.5. The number of carbonyl (C=O) groups is 3. The van der Waals surface area contributed by atoms with Gasteiger partial charge in [0.2, 0.25) is 11.8 Å². The van der Waals surface area contributed by atoms with Crippen molar-refractivity contribution in [1.82, 2.24) is 16.0 Å². The minimum absolute atomic E-state index is 0.125. The summed E-state index contributed by atoms with van der Waals surface area (Å²) in [5.41, 5.74) is -0.552. The van der Waals surface area contributed by atoms with Gasteiger partial charge in [0.15, 0.2) is 0 Å². The molecule has 7 nitrogen and oxygen atoms in total. The zero-order chi connectivity index (χ0) is 17.7. The number of carbonyl (C=O) groups excluding carboxylic acids is 3. The van der Waals surface area contributed by atoms with Crippen molar-refractivity contribution in [2.45, 2.75) is 52.6 Å². The van der Waals surface area contributed by atoms with Crippen LogP contribution in [-0.4, -0.2) is 43.1 Å². The first kappa shape index (κ1) is 20.9. The minimum Gasteiger partial charge on any atom is -0.444 e. The highest BCUT2D eigenvalue weighted by Crippen LogP contribution is 2.06. The molecule has 0 bridgehead atoms. The van der Waals surface area contributed by atoms with Crippen LogP contribution >= 0.6 is 0 Å². The molecule has 0 spiro atoms. The fourth-order valence-electron chi connectivity index (χ4n) is 1.49. The quantitative estimate of drug-likeness (QED) is 0.441. The van der Waals surface area contributed by atoms with E-state index < -0.39 is 11.7 Å². The van der Waals surface area contributed by atoms with Gasteiger partial charge in [-0.05, 0) is 39.7 Å². The van der Waals surface area contributed by atoms with Crippen molar-refractivity contribution in [3.8, 4) is 0 Å². The number of nitrogens with one attached hydrogen (secondary N) is 3. The maximum absolute atomic E-state index is 11.5. The molecular weight excluding hydrogens is 298 g/mol. The molecule has 3 amide bonds. The van der Waals surface area contributed by atoms with Crippen molar-refractivity contribution in [2.24, 2.45) is 0 Å². The summed E-state index contributed by atoms with van der Waals surface area (Å²) in [5.74, 6) is -0.280. The lowest BCUT2D eigenvalue weighted by Crippen LogP contribution is -2.35. The third-order valence-corrected chi connectivity index (χ3v) is 2.50. The van der Waals surface area contributed by atoms with Gasteiger partial charge in [-0.2, -0.15) is 0 Å². The highest BCUT2D eigenvalue weighted by Gasteiger charge is 2.15. The number of rotatable bonds is 9. The third kappa shape index (κ3) is 14.6. The molecular formula is C16H29N3O4. The predicted octanol–water partition coefficient (Wildman–Crippen LogP) is 1.49. The average Bonchev–Trinajstić information content (AvgIpc) is 2.42. The van der Waals surface area contributed by atoms with Crippen LogP contribution in [0.5, 0.6) is 0 Å². The van der Waals surface area contributed by atoms with Gasteiger partial charge in [-0.15, -0.1) is 0 Å². The Bertz CT molecular complexity index is 414. The van der Waals surface area contributed by atoms with Gasteiger partial charge in [0.25, 0.3) is 0 Å². The molecule has 0 aromatic heterocycles. The molecule has 132 valence electrons. The maximum atomic E-state index is 11.5. The van der Waals surface area contributed by atoms with Crippen LogP contribution in [0.1, 0.15) is 47.0 Å². The third-order valence-electron chi connectivity index (χ3n) is 2.50. The van der Waals surface area contributed by atoms with Crippen LogP contribution in [0.2, 0.25) is 0 Å². The summed E-state index contributed by atoms with van der Waals surface area (Å²) in [6.07, 6.45) is 4.41. The lowest BCUT2D eigenvalue weighted by molar-refractivity contribution is -0.120. The molecule has 0 aliphatic carbocycles. The number of hydrogen-bond donors (Lipinski definition) is 3. The summed E-state index contributed by atoms with van der Waals surface area (Å²) in [6.45, 7) is 8.48. The largest absolute Gasteiger partial charge is 0.444 e. The molecule has 0 heterocycles. The van der Waals surface area contributed by atoms with Crippen LogP contribution < -0.4 is 16.0 Å². The first-order valence-electron chi connectivity index (χ1n) is 7.92. The Hall–Kier alpha value is -2.05. The Kier molecular flexibility index (Phi) is 10.5. The highest BCUT2D eigenvalue weighted by atomic mass is 16.6. The van der Waals surface area contributed by atoms with Crippen molar-refractivity contribution in [3.05, 3.63) is 12.2 Å². The number of allylic oxidation sites excluding steroid dienone is 1. The molecule has 0 unspecified atom stereocenters. The maximum Gasteiger partial charge on any atom is 0.407 e. The Morgan fingerprint density at radius 2 is 1.65 bits per heavy atom. The Morgan fingerprint density at radius 3 is 2.26 bits per heavy atom. The lowest BCUT2D eigenvalue weighted by atomic mass is 10.2. The monoisotopic (exact) mass is 327 g/mol. The van der Waals surface area contributed by atoms with Crippen LogP contribution in [0, 0.1) is 0 Å². The normalized spacial score (nSPS) is 11.1. The van der Waals surface area contributed by atoms with E-state index in [1.165, 1.54) is 6.08 Å². The van der Waals surface area contributed by atoms with Crippen LogP contribution in [0.4, 0.5) is 4.79 Å². The minimum atomic E-state index is -0.552. The van der Waals surface area contributed by atoms with Crippen molar-refractivity contribution in [1.29, 1.82) is 0 Å². The van der Waals surface area contributed by atoms with E-state index in [1.54, 1.807) is 26.8 Å². The van der Waals surface area contributed by atoms with Crippen molar-refractivity contribution >= 4 is 17.9 Å². The summed E-state index contributed by atoms with van der Waals surface area (Å²) in [5, 5.41) is 7.96. The molecule has 0 aromatic rings. The molecule has 0 aliphatic heterocycles. The van der Waals surface area contributed by atoms with Crippen LogP contribution in [0.25, 0.3) is 0 Å². The van der Waals surface area contributed by atoms with E-state index in [1.807, 2.05) is 6.92 Å². The van der Waals surface area contributed by atoms with Gasteiger partial charge in [0.05, 0.1) is 0 Å². The average molecular weight is 327 g/mol. The Morgan fingerprint density at radius 1 is 1.00 bits per heavy atom. The Balaban J connectivity index is 3.60. The summed E-state index contributed by atoms with van der Waals surface area (Å²) in [4.78, 5) is 34.2. The second-order valence-corrected chi connectivity index (χ2v) is 5.98. The van der Waals surface area contributed by atoms with E-state index in [-0.39, 0.29) is 24.8 Å². The number of amides is 3. The molecule has 0 rings (SSSR count). The molecule has 23 heavy (non-hydrogen) atoms. The smallest absolute Gasteiger partial charge is 0.407 e. The first-order valence-corrected chi connectivity index (χ1v) is 7.92. The number of hydrogen-bond acceptors (Lipinski definition) is 4. The van der Waals surface area contributed by atoms with E-state index in [4.69, 9.17) is 4.74 Å². The molecule has 0 aromatic carbocycles. The van der Waals surface area contributed by atoms with Gasteiger partial charge in [-0.1, -0.05) is 13.0 Å². The molecule has 0 radical (unpaired) electrons. The topological polar surface area (TPSA) is 96.5 Å². The van der Waals surface area contributed by atoms with E-state index in [0.717, 1.165) is 6.42 Å². The summed E-state index contributed by atoms with van der Waals surface area (Å²) in [6, 6.07) is 0. The predicted molar refractivity (Wildman–Crippen MR) is 88.9 cm³/mol. The second-order valence-electron chi connectivity index (χ2n) is 5.98. The fourth-order valence-corrected chi connectivity index (χ4v) is 1.49. The van der Waals surface area contributed by atoms with Crippen LogP contribution in [-0.2, 0) is 14.3 Å². The van der Waals surface area contributed by atoms with Gasteiger partial charge < -0.3 is 20.7 Å². The SMILES string of the molecule is CC/C=C/C(=O)NCCCNC(=O)CCNC(=O)OC(C)(C)C.